The first-order valence-electron chi connectivity index (χ1n) is 17.6. The van der Waals surface area contributed by atoms with E-state index in [4.69, 9.17) is 135 Å². The van der Waals surface area contributed by atoms with Gasteiger partial charge in [-0.1, -0.05) is 34.7 Å². The van der Waals surface area contributed by atoms with Gasteiger partial charge in [0, 0.05) is 154 Å². The summed E-state index contributed by atoms with van der Waals surface area (Å²) in [4.78, 5) is 10.9. The van der Waals surface area contributed by atoms with Crippen LogP contribution in [-0.2, 0) is 4.79 Å². The predicted molar refractivity (Wildman–Crippen MR) is 281 cm³/mol. The molecule has 266 valence electrons. The maximum absolute atomic E-state index is 10.9. The van der Waals surface area contributed by atoms with Gasteiger partial charge in [-0.05, 0) is 129 Å². The molecule has 0 saturated carbocycles. The molecule has 1 heterocycles. The molecule has 63 heavy (non-hydrogen) atoms. The molecule has 1 aliphatic rings. The van der Waals surface area contributed by atoms with Crippen LogP contribution >= 0.6 is 23.2 Å². The number of amides is 1. The summed E-state index contributed by atoms with van der Waals surface area (Å²) in [5, 5.41) is 12.2. The summed E-state index contributed by atoms with van der Waals surface area (Å²) in [5.74, 6) is 0.167. The number of phenols is 1. The van der Waals surface area contributed by atoms with E-state index in [1.165, 1.54) is 12.1 Å². The number of rotatable bonds is 8. The lowest BCUT2D eigenvalue weighted by Crippen LogP contribution is -2.80. The molecule has 3 rings (SSSR count). The molecule has 0 bridgehead atoms. The molecular formula is C34H18B20Cl2N4O3. The standard InChI is InChI=1S/C20H4.C8H7ClN2O2.C6H7ClN2O.B20/c1-3-5-7-9-11-13-15-17-19-20-18-16-14-12-10-8-6-4-2;9-5-1-4(10)2-6-8(5)13-3-7(12)11-6;7-4-1-3(8)2-5(9)6(4)10;1-12(2)17(11)20(18(13(3)4)14(5)6)19(15(7)8)16(9)10/h1-2H2;1-2H,3,10H2,(H,11,12);1-2,10H,8-9H2;. The van der Waals surface area contributed by atoms with Crippen molar-refractivity contribution in [3.05, 3.63) is 151 Å². The molecule has 1 amide bonds. The van der Waals surface area contributed by atoms with Crippen LogP contribution < -0.4 is 27.3 Å². The maximum Gasteiger partial charge on any atom is 0.262 e. The van der Waals surface area contributed by atoms with Gasteiger partial charge in [0.25, 0.3) is 5.91 Å². The van der Waals surface area contributed by atoms with Gasteiger partial charge in [0.2, 0.25) is 0 Å². The van der Waals surface area contributed by atoms with Crippen LogP contribution in [0.2, 0.25) is 10.0 Å². The Bertz CT molecular complexity index is 2500. The Balaban J connectivity index is 0.000000838. The zero-order valence-electron chi connectivity index (χ0n) is 33.7. The third-order valence-corrected chi connectivity index (χ3v) is 8.04. The smallest absolute Gasteiger partial charge is 0.262 e. The van der Waals surface area contributed by atoms with Crippen molar-refractivity contribution in [2.24, 2.45) is 0 Å². The largest absolute Gasteiger partial charge is 0.504 e. The topological polar surface area (TPSA) is 137 Å². The van der Waals surface area contributed by atoms with E-state index in [-0.39, 0.29) is 29.0 Å². The van der Waals surface area contributed by atoms with Crippen LogP contribution in [0.4, 0.5) is 22.7 Å². The first-order valence-corrected chi connectivity index (χ1v) is 18.4. The lowest BCUT2D eigenvalue weighted by atomic mass is 8.39. The van der Waals surface area contributed by atoms with Gasteiger partial charge in [-0.25, -0.2) is 0 Å². The highest BCUT2D eigenvalue weighted by Gasteiger charge is 2.44. The Morgan fingerprint density at radius 3 is 1.24 bits per heavy atom. The van der Waals surface area contributed by atoms with E-state index in [0.717, 1.165) is 0 Å². The first kappa shape index (κ1) is 57.6. The summed E-state index contributed by atoms with van der Waals surface area (Å²) < 4.78 is 5.12. The van der Waals surface area contributed by atoms with Crippen molar-refractivity contribution in [3.8, 4) is 11.5 Å². The summed E-state index contributed by atoms with van der Waals surface area (Å²) in [6.45, 7) is 6.59. The number of benzene rings is 2. The van der Waals surface area contributed by atoms with E-state index in [2.05, 4.69) is 122 Å². The number of hydrogen-bond donors (Lipinski definition) is 5. The Kier molecular flexibility index (Phi) is 29.5. The summed E-state index contributed by atoms with van der Waals surface area (Å²) in [6.07, 6.45) is -7.15. The number of halogens is 2. The second kappa shape index (κ2) is 32.3. The van der Waals surface area contributed by atoms with Gasteiger partial charge in [0.15, 0.2) is 18.1 Å². The fraction of sp³-hybridized carbons (Fsp3) is 0.0294. The quantitative estimate of drug-likeness (QED) is 0.0720. The molecule has 0 aliphatic carbocycles. The van der Waals surface area contributed by atoms with E-state index in [9.17, 15) is 4.79 Å². The zero-order valence-corrected chi connectivity index (χ0v) is 35.2. The average Bonchev–Trinajstić information content (AvgIpc) is 3.19. The van der Waals surface area contributed by atoms with Crippen molar-refractivity contribution in [2.45, 2.75) is 0 Å². The highest BCUT2D eigenvalue weighted by Crippen LogP contribution is 2.37. The van der Waals surface area contributed by atoms with Crippen LogP contribution in [0.25, 0.3) is 0 Å². The van der Waals surface area contributed by atoms with Crippen molar-refractivity contribution in [1.82, 2.24) is 0 Å². The Labute approximate surface area is 397 Å². The number of carbonyl (C=O) groups excluding carboxylic acids is 1. The number of phenolic OH excluding ortho intramolecular Hbond substituents is 1. The maximum atomic E-state index is 10.9. The van der Waals surface area contributed by atoms with Crippen molar-refractivity contribution >= 4 is 194 Å². The number of nitrogens with one attached hydrogen (secondary N) is 1. The summed E-state index contributed by atoms with van der Waals surface area (Å²) in [7, 11) is 63.2. The Morgan fingerprint density at radius 2 is 0.905 bits per heavy atom. The lowest BCUT2D eigenvalue weighted by molar-refractivity contribution is -0.118. The predicted octanol–water partition coefficient (Wildman–Crippen LogP) is -1.56. The van der Waals surface area contributed by atoms with Gasteiger partial charge in [-0.15, -0.1) is 0 Å². The minimum absolute atomic E-state index is 0.00334. The van der Waals surface area contributed by atoms with Crippen molar-refractivity contribution in [1.29, 1.82) is 0 Å². The number of anilines is 4. The molecular weight excluding hydrogens is 800 g/mol. The molecule has 0 saturated heterocycles. The van der Waals surface area contributed by atoms with Gasteiger partial charge in [-0.2, -0.15) is 0 Å². The average molecular weight is 818 g/mol. The fourth-order valence-electron chi connectivity index (χ4n) is 4.91. The Morgan fingerprint density at radius 1 is 0.556 bits per heavy atom. The van der Waals surface area contributed by atoms with Crippen molar-refractivity contribution in [3.63, 3.8) is 0 Å². The molecule has 0 fully saturated rings. The van der Waals surface area contributed by atoms with Crippen molar-refractivity contribution in [2.75, 3.05) is 29.1 Å². The molecule has 2 aromatic rings. The SMILES string of the molecule is C=C=C=C=C=C=C=C=C=C=C=C=C=C=C=C=C=C=C=C.Nc1cc(Cl)c2c(c1)NC(=O)CO2.Nc1cc(N)c(O)c(Cl)c1.[B]B([B])B([B])B(B(B([B])[B])B([B])[B])B(B([B])[B])B([B])[B]. The zero-order chi connectivity index (χ0) is 48.1. The van der Waals surface area contributed by atoms with Crippen LogP contribution in [0, 0.1) is 0 Å². The van der Waals surface area contributed by atoms with E-state index >= 15 is 0 Å². The van der Waals surface area contributed by atoms with Gasteiger partial charge in [-0.3, -0.25) is 4.79 Å². The van der Waals surface area contributed by atoms with Crippen LogP contribution in [0.5, 0.6) is 11.5 Å². The molecule has 1 aliphatic heterocycles. The van der Waals surface area contributed by atoms with Gasteiger partial charge < -0.3 is 32.4 Å². The molecule has 22 radical (unpaired) electrons. The van der Waals surface area contributed by atoms with Gasteiger partial charge >= 0.3 is 0 Å². The molecule has 0 unspecified atom stereocenters. The third kappa shape index (κ3) is 23.6. The summed E-state index contributed by atoms with van der Waals surface area (Å²) in [6, 6.07) is 6.07. The van der Waals surface area contributed by atoms with Crippen LogP contribution in [0.15, 0.2) is 141 Å². The molecule has 8 N–H and O–H groups in total. The van der Waals surface area contributed by atoms with E-state index in [1.807, 2.05) is 0 Å². The minimum Gasteiger partial charge on any atom is -0.504 e. The second-order valence-corrected chi connectivity index (χ2v) is 13.0. The Hall–Kier alpha value is -5.43. The van der Waals surface area contributed by atoms with Crippen LogP contribution in [-0.4, -0.2) is 160 Å². The number of aromatic hydroxyl groups is 1. The fourth-order valence-corrected chi connectivity index (χ4v) is 5.43. The molecule has 0 aromatic heterocycles. The first-order chi connectivity index (χ1) is 29.7. The lowest BCUT2D eigenvalue weighted by Gasteiger charge is -2.42. The van der Waals surface area contributed by atoms with Crippen molar-refractivity contribution < 1.29 is 14.6 Å². The number of hydrogen-bond acceptors (Lipinski definition) is 6. The summed E-state index contributed by atoms with van der Waals surface area (Å²) >= 11 is 11.3. The highest BCUT2D eigenvalue weighted by atomic mass is 35.5. The van der Waals surface area contributed by atoms with Crippen LogP contribution in [0.3, 0.4) is 0 Å². The monoisotopic (exact) mass is 820 g/mol. The second-order valence-electron chi connectivity index (χ2n) is 12.2. The van der Waals surface area contributed by atoms with Gasteiger partial charge in [0.1, 0.15) is 0 Å². The van der Waals surface area contributed by atoms with Crippen LogP contribution in [0.1, 0.15) is 0 Å². The van der Waals surface area contributed by atoms with E-state index < -0.39 is 57.5 Å². The van der Waals surface area contributed by atoms with E-state index in [0.29, 0.717) is 27.8 Å². The molecule has 29 heteroatoms. The molecule has 7 nitrogen and oxygen atoms in total. The van der Waals surface area contributed by atoms with E-state index in [1.54, 1.807) is 12.1 Å². The molecule has 0 atom stereocenters. The number of carbonyl (C=O) groups is 1. The number of fused-ring (bicyclic) bond motifs is 1. The minimum atomic E-state index is -0.889. The number of nitrogen functional groups attached to an aromatic ring is 3. The normalized spacial score (nSPS) is 8.63. The molecule has 0 spiro atoms. The van der Waals surface area contributed by atoms with Gasteiger partial charge in [0.05, 0.1) is 21.4 Å². The third-order valence-electron chi connectivity index (χ3n) is 7.47. The molecule has 2 aromatic carbocycles. The number of nitrogens with two attached hydrogens (primary N) is 3. The number of ether oxygens (including phenoxy) is 1. The summed E-state index contributed by atoms with van der Waals surface area (Å²) in [5.41, 5.74) is 62.3. The highest BCUT2D eigenvalue weighted by molar-refractivity contribution is 8.19.